The summed E-state index contributed by atoms with van der Waals surface area (Å²) in [6.45, 7) is 5.76. The number of rotatable bonds is 6. The molecule has 1 N–H and O–H groups in total. The van der Waals surface area contributed by atoms with Gasteiger partial charge in [-0.3, -0.25) is 19.8 Å². The molecule has 1 aromatic rings. The smallest absolute Gasteiger partial charge is 0.274 e. The van der Waals surface area contributed by atoms with Crippen LogP contribution >= 0.6 is 24.0 Å². The van der Waals surface area contributed by atoms with E-state index in [0.717, 1.165) is 17.8 Å². The molecule has 1 saturated heterocycles. The first-order valence-corrected chi connectivity index (χ1v) is 8.12. The van der Waals surface area contributed by atoms with Gasteiger partial charge in [0, 0.05) is 18.2 Å². The number of non-ortho nitro benzene ring substituents is 1. The van der Waals surface area contributed by atoms with E-state index in [2.05, 4.69) is 6.58 Å². The number of aromatic hydroxyl groups is 1. The van der Waals surface area contributed by atoms with Crippen LogP contribution in [0.2, 0.25) is 0 Å². The zero-order chi connectivity index (χ0) is 17.9. The highest BCUT2D eigenvalue weighted by atomic mass is 32.2. The van der Waals surface area contributed by atoms with Crippen LogP contribution < -0.4 is 4.74 Å². The highest BCUT2D eigenvalue weighted by Crippen LogP contribution is 2.39. The van der Waals surface area contributed by atoms with Crippen molar-refractivity contribution in [3.63, 3.8) is 0 Å². The highest BCUT2D eigenvalue weighted by molar-refractivity contribution is 8.26. The molecule has 0 aliphatic carbocycles. The molecule has 0 radical (unpaired) electrons. The van der Waals surface area contributed by atoms with Gasteiger partial charge in [0.1, 0.15) is 4.32 Å². The van der Waals surface area contributed by atoms with Crippen LogP contribution in [0.25, 0.3) is 6.08 Å². The monoisotopic (exact) mass is 366 g/mol. The van der Waals surface area contributed by atoms with E-state index in [1.165, 1.54) is 17.0 Å². The van der Waals surface area contributed by atoms with Crippen LogP contribution in [0.4, 0.5) is 5.69 Å². The SMILES string of the molecule is C=CCN1C(=O)/C(=C/c2cc([N+](=O)[O-])cc(OCC)c2O)SC1=S. The number of ether oxygens (including phenoxy) is 1. The van der Waals surface area contributed by atoms with E-state index in [4.69, 9.17) is 17.0 Å². The second kappa shape index (κ2) is 7.45. The summed E-state index contributed by atoms with van der Waals surface area (Å²) < 4.78 is 5.58. The molecule has 0 spiro atoms. The maximum absolute atomic E-state index is 12.3. The Morgan fingerprint density at radius 3 is 2.83 bits per heavy atom. The second-order valence-corrected chi connectivity index (χ2v) is 6.33. The van der Waals surface area contributed by atoms with Crippen molar-refractivity contribution in [1.29, 1.82) is 0 Å². The molecular formula is C15H14N2O5S2. The van der Waals surface area contributed by atoms with Crippen LogP contribution in [-0.4, -0.2) is 38.3 Å². The molecule has 1 fully saturated rings. The quantitative estimate of drug-likeness (QED) is 0.272. The molecule has 1 amide bonds. The van der Waals surface area contributed by atoms with Crippen molar-refractivity contribution in [1.82, 2.24) is 4.90 Å². The number of nitrogens with zero attached hydrogens (tertiary/aromatic N) is 2. The second-order valence-electron chi connectivity index (χ2n) is 4.65. The summed E-state index contributed by atoms with van der Waals surface area (Å²) in [5.41, 5.74) is -0.129. The number of benzene rings is 1. The number of phenolic OH excluding ortho intramolecular Hbond substituents is 1. The first-order chi connectivity index (χ1) is 11.4. The van der Waals surface area contributed by atoms with Crippen molar-refractivity contribution >= 4 is 46.0 Å². The minimum absolute atomic E-state index is 0.0143. The standard InChI is InChI=1S/C15H14N2O5S2/c1-3-5-16-14(19)12(24-15(16)23)7-9-6-10(17(20)21)8-11(13(9)18)22-4-2/h3,6-8,18H,1,4-5H2,2H3/b12-7-. The predicted octanol–water partition coefficient (Wildman–Crippen LogP) is 3.09. The minimum Gasteiger partial charge on any atom is -0.504 e. The summed E-state index contributed by atoms with van der Waals surface area (Å²) in [5.74, 6) is -0.621. The summed E-state index contributed by atoms with van der Waals surface area (Å²) in [5, 5.41) is 21.3. The number of carbonyl (C=O) groups excluding carboxylic acids is 1. The Bertz CT molecular complexity index is 760. The van der Waals surface area contributed by atoms with Crippen LogP contribution in [0.1, 0.15) is 12.5 Å². The fraction of sp³-hybridized carbons (Fsp3) is 0.200. The molecule has 0 bridgehead atoms. The van der Waals surface area contributed by atoms with Crippen molar-refractivity contribution in [3.8, 4) is 11.5 Å². The number of nitro groups is 1. The van der Waals surface area contributed by atoms with E-state index >= 15 is 0 Å². The molecule has 7 nitrogen and oxygen atoms in total. The lowest BCUT2D eigenvalue weighted by Crippen LogP contribution is -2.27. The number of hydrogen-bond donors (Lipinski definition) is 1. The zero-order valence-corrected chi connectivity index (χ0v) is 14.4. The van der Waals surface area contributed by atoms with Gasteiger partial charge in [0.15, 0.2) is 11.5 Å². The summed E-state index contributed by atoms with van der Waals surface area (Å²) in [6, 6.07) is 2.32. The third kappa shape index (κ3) is 3.57. The lowest BCUT2D eigenvalue weighted by Gasteiger charge is -2.10. The van der Waals surface area contributed by atoms with Crippen LogP contribution in [0.15, 0.2) is 29.7 Å². The van der Waals surface area contributed by atoms with Gasteiger partial charge >= 0.3 is 0 Å². The number of amides is 1. The fourth-order valence-electron chi connectivity index (χ4n) is 2.02. The lowest BCUT2D eigenvalue weighted by molar-refractivity contribution is -0.385. The van der Waals surface area contributed by atoms with Crippen molar-refractivity contribution < 1.29 is 19.6 Å². The van der Waals surface area contributed by atoms with Crippen LogP contribution in [0.3, 0.4) is 0 Å². The van der Waals surface area contributed by atoms with Gasteiger partial charge in [0.2, 0.25) is 0 Å². The number of hydrogen-bond acceptors (Lipinski definition) is 7. The summed E-state index contributed by atoms with van der Waals surface area (Å²) in [6.07, 6.45) is 2.92. The van der Waals surface area contributed by atoms with Gasteiger partial charge in [-0.15, -0.1) is 6.58 Å². The molecule has 1 aliphatic rings. The van der Waals surface area contributed by atoms with E-state index in [1.54, 1.807) is 13.0 Å². The minimum atomic E-state index is -0.595. The number of thiocarbonyl (C=S) groups is 1. The highest BCUT2D eigenvalue weighted by Gasteiger charge is 2.31. The molecule has 126 valence electrons. The van der Waals surface area contributed by atoms with Gasteiger partial charge in [-0.25, -0.2) is 0 Å². The Kier molecular flexibility index (Phi) is 5.58. The molecule has 0 saturated carbocycles. The average Bonchev–Trinajstić information content (AvgIpc) is 2.79. The molecule has 2 rings (SSSR count). The van der Waals surface area contributed by atoms with E-state index in [-0.39, 0.29) is 46.7 Å². The van der Waals surface area contributed by atoms with Gasteiger partial charge in [0.25, 0.3) is 11.6 Å². The van der Waals surface area contributed by atoms with E-state index in [0.29, 0.717) is 4.32 Å². The Morgan fingerprint density at radius 2 is 2.25 bits per heavy atom. The number of thioether (sulfide) groups is 1. The summed E-state index contributed by atoms with van der Waals surface area (Å²) in [7, 11) is 0. The van der Waals surface area contributed by atoms with E-state index in [9.17, 15) is 20.0 Å². The average molecular weight is 366 g/mol. The zero-order valence-electron chi connectivity index (χ0n) is 12.7. The van der Waals surface area contributed by atoms with Gasteiger partial charge in [0.05, 0.1) is 22.5 Å². The van der Waals surface area contributed by atoms with Gasteiger partial charge < -0.3 is 9.84 Å². The Morgan fingerprint density at radius 1 is 1.54 bits per heavy atom. The largest absolute Gasteiger partial charge is 0.504 e. The molecule has 0 atom stereocenters. The van der Waals surface area contributed by atoms with Gasteiger partial charge in [-0.2, -0.15) is 0 Å². The Labute approximate surface area is 147 Å². The normalized spacial score (nSPS) is 15.9. The van der Waals surface area contributed by atoms with Crippen LogP contribution in [0.5, 0.6) is 11.5 Å². The lowest BCUT2D eigenvalue weighted by atomic mass is 10.1. The summed E-state index contributed by atoms with van der Waals surface area (Å²) >= 11 is 6.19. The van der Waals surface area contributed by atoms with Gasteiger partial charge in [-0.1, -0.05) is 30.1 Å². The Hall–Kier alpha value is -2.39. The molecule has 24 heavy (non-hydrogen) atoms. The summed E-state index contributed by atoms with van der Waals surface area (Å²) in [4.78, 5) is 24.4. The van der Waals surface area contributed by atoms with E-state index in [1.807, 2.05) is 0 Å². The van der Waals surface area contributed by atoms with Crippen molar-refractivity contribution in [2.45, 2.75) is 6.92 Å². The third-order valence-electron chi connectivity index (χ3n) is 3.07. The molecular weight excluding hydrogens is 352 g/mol. The Balaban J connectivity index is 2.48. The predicted molar refractivity (Wildman–Crippen MR) is 96.0 cm³/mol. The number of phenols is 1. The maximum atomic E-state index is 12.3. The molecule has 0 unspecified atom stereocenters. The van der Waals surface area contributed by atoms with Crippen molar-refractivity contribution in [2.75, 3.05) is 13.2 Å². The number of nitro benzene ring substituents is 1. The van der Waals surface area contributed by atoms with Crippen molar-refractivity contribution in [2.24, 2.45) is 0 Å². The number of carbonyl (C=O) groups is 1. The van der Waals surface area contributed by atoms with Crippen molar-refractivity contribution in [3.05, 3.63) is 45.4 Å². The molecule has 1 heterocycles. The van der Waals surface area contributed by atoms with E-state index < -0.39 is 4.92 Å². The maximum Gasteiger partial charge on any atom is 0.274 e. The molecule has 9 heteroatoms. The van der Waals surface area contributed by atoms with Crippen LogP contribution in [0, 0.1) is 10.1 Å². The first-order valence-electron chi connectivity index (χ1n) is 6.89. The third-order valence-corrected chi connectivity index (χ3v) is 4.45. The molecule has 1 aromatic carbocycles. The molecule has 1 aliphatic heterocycles. The first kappa shape index (κ1) is 18.0. The van der Waals surface area contributed by atoms with Crippen LogP contribution in [-0.2, 0) is 4.79 Å². The fourth-order valence-corrected chi connectivity index (χ4v) is 3.29. The van der Waals surface area contributed by atoms with Gasteiger partial charge in [-0.05, 0) is 13.0 Å². The molecule has 0 aromatic heterocycles. The topological polar surface area (TPSA) is 92.9 Å².